The Balaban J connectivity index is 1.68. The molecule has 13 heteroatoms. The molecule has 0 saturated carbocycles. The summed E-state index contributed by atoms with van der Waals surface area (Å²) >= 11 is 0. The van der Waals surface area contributed by atoms with Crippen molar-refractivity contribution in [1.82, 2.24) is 15.0 Å². The molecule has 0 radical (unpaired) electrons. The summed E-state index contributed by atoms with van der Waals surface area (Å²) in [6.07, 6.45) is 2.25. The maximum Gasteiger partial charge on any atom is 0.326 e. The van der Waals surface area contributed by atoms with E-state index >= 15 is 0 Å². The van der Waals surface area contributed by atoms with Crippen molar-refractivity contribution in [3.8, 4) is 0 Å². The molecule has 34 heavy (non-hydrogen) atoms. The van der Waals surface area contributed by atoms with Crippen molar-refractivity contribution < 1.29 is 19.5 Å². The van der Waals surface area contributed by atoms with Gasteiger partial charge in [0.1, 0.15) is 11.9 Å². The quantitative estimate of drug-likeness (QED) is 0.248. The summed E-state index contributed by atoms with van der Waals surface area (Å²) in [4.78, 5) is 58.5. The van der Waals surface area contributed by atoms with Crippen molar-refractivity contribution in [2.75, 3.05) is 27.0 Å². The number of hydrogen-bond acceptors (Lipinski definition) is 8. The fraction of sp³-hybridized carbons (Fsp3) is 0.143. The second kappa shape index (κ2) is 10.6. The minimum Gasteiger partial charge on any atom is -0.480 e. The Bertz CT molecular complexity index is 1230. The summed E-state index contributed by atoms with van der Waals surface area (Å²) in [6.45, 7) is 0. The van der Waals surface area contributed by atoms with Crippen LogP contribution in [0.15, 0.2) is 53.5 Å². The number of carboxylic acids is 1. The first kappa shape index (κ1) is 23.7. The van der Waals surface area contributed by atoms with Crippen LogP contribution >= 0.6 is 0 Å². The zero-order valence-corrected chi connectivity index (χ0v) is 17.8. The molecule has 0 aliphatic heterocycles. The standard InChI is InChI=1S/C21H22N8O5/c22-17-16(18(31)28-20(23)27-17)26-21(34)25-13-7-9-15(24-10-13)29(11-30)14(19(32)33)8-6-12-4-2-1-3-5-12/h1-5,7,9-11,14H,6,8H2,(H,32,33)(H2,25,26,34)(H5,22,23,27,28,31)/t14-/m0/s1. The molecule has 0 spiro atoms. The van der Waals surface area contributed by atoms with Crippen molar-refractivity contribution in [2.24, 2.45) is 0 Å². The summed E-state index contributed by atoms with van der Waals surface area (Å²) in [5.41, 5.74) is 11.1. The Hall–Kier alpha value is -4.94. The Kier molecular flexibility index (Phi) is 7.38. The molecule has 0 unspecified atom stereocenters. The van der Waals surface area contributed by atoms with Crippen LogP contribution < -0.4 is 32.6 Å². The van der Waals surface area contributed by atoms with Gasteiger partial charge in [-0.05, 0) is 30.5 Å². The number of amides is 3. The van der Waals surface area contributed by atoms with E-state index in [0.29, 0.717) is 12.8 Å². The maximum absolute atomic E-state index is 12.2. The lowest BCUT2D eigenvalue weighted by Gasteiger charge is -2.24. The van der Waals surface area contributed by atoms with Crippen molar-refractivity contribution in [2.45, 2.75) is 18.9 Å². The van der Waals surface area contributed by atoms with Gasteiger partial charge in [-0.3, -0.25) is 24.8 Å². The Morgan fingerprint density at radius 3 is 2.47 bits per heavy atom. The lowest BCUT2D eigenvalue weighted by atomic mass is 10.0. The van der Waals surface area contributed by atoms with Crippen LogP contribution in [0.5, 0.6) is 0 Å². The number of aliphatic carboxylic acids is 1. The van der Waals surface area contributed by atoms with Gasteiger partial charge in [0.25, 0.3) is 5.56 Å². The van der Waals surface area contributed by atoms with Crippen LogP contribution in [0, 0.1) is 0 Å². The van der Waals surface area contributed by atoms with Crippen LogP contribution in [-0.4, -0.2) is 44.5 Å². The third kappa shape index (κ3) is 5.85. The molecule has 3 amide bonds. The molecule has 2 aromatic heterocycles. The summed E-state index contributed by atoms with van der Waals surface area (Å²) in [5, 5.41) is 14.3. The smallest absolute Gasteiger partial charge is 0.326 e. The molecule has 0 bridgehead atoms. The highest BCUT2D eigenvalue weighted by atomic mass is 16.4. The van der Waals surface area contributed by atoms with E-state index in [-0.39, 0.29) is 35.4 Å². The number of pyridine rings is 1. The Labute approximate surface area is 192 Å². The van der Waals surface area contributed by atoms with Gasteiger partial charge in [0.2, 0.25) is 12.4 Å². The van der Waals surface area contributed by atoms with Crippen LogP contribution in [-0.2, 0) is 16.0 Å². The molecule has 0 fully saturated rings. The average Bonchev–Trinajstić information content (AvgIpc) is 2.80. The van der Waals surface area contributed by atoms with Gasteiger partial charge < -0.3 is 21.9 Å². The van der Waals surface area contributed by atoms with Gasteiger partial charge in [-0.1, -0.05) is 30.3 Å². The van der Waals surface area contributed by atoms with Gasteiger partial charge in [0, 0.05) is 0 Å². The molecule has 2 heterocycles. The third-order valence-corrected chi connectivity index (χ3v) is 4.76. The Morgan fingerprint density at radius 1 is 1.15 bits per heavy atom. The monoisotopic (exact) mass is 466 g/mol. The van der Waals surface area contributed by atoms with Crippen molar-refractivity contribution >= 4 is 47.4 Å². The number of nitrogens with zero attached hydrogens (tertiary/aromatic N) is 3. The van der Waals surface area contributed by atoms with E-state index in [4.69, 9.17) is 11.5 Å². The van der Waals surface area contributed by atoms with E-state index in [9.17, 15) is 24.3 Å². The zero-order valence-electron chi connectivity index (χ0n) is 17.8. The number of anilines is 5. The van der Waals surface area contributed by atoms with Crippen molar-refractivity contribution in [3.05, 3.63) is 64.6 Å². The molecule has 3 aromatic rings. The van der Waals surface area contributed by atoms with Crippen LogP contribution in [0.3, 0.4) is 0 Å². The molecule has 13 nitrogen and oxygen atoms in total. The summed E-state index contributed by atoms with van der Waals surface area (Å²) < 4.78 is 0. The molecule has 0 aliphatic rings. The largest absolute Gasteiger partial charge is 0.480 e. The van der Waals surface area contributed by atoms with Crippen molar-refractivity contribution in [1.29, 1.82) is 0 Å². The van der Waals surface area contributed by atoms with Crippen molar-refractivity contribution in [3.63, 3.8) is 0 Å². The lowest BCUT2D eigenvalue weighted by Crippen LogP contribution is -2.41. The number of aromatic nitrogens is 3. The first-order chi connectivity index (χ1) is 16.3. The summed E-state index contributed by atoms with van der Waals surface area (Å²) in [7, 11) is 0. The number of nitrogen functional groups attached to an aromatic ring is 2. The normalized spacial score (nSPS) is 11.3. The average molecular weight is 466 g/mol. The van der Waals surface area contributed by atoms with E-state index in [1.54, 1.807) is 0 Å². The molecule has 1 atom stereocenters. The summed E-state index contributed by atoms with van der Waals surface area (Å²) in [6, 6.07) is 10.1. The molecule has 0 saturated heterocycles. The number of carbonyl (C=O) groups is 3. The van der Waals surface area contributed by atoms with E-state index in [1.165, 1.54) is 18.3 Å². The number of nitrogens with one attached hydrogen (secondary N) is 3. The highest BCUT2D eigenvalue weighted by Crippen LogP contribution is 2.19. The Morgan fingerprint density at radius 2 is 1.88 bits per heavy atom. The number of nitrogens with two attached hydrogens (primary N) is 2. The summed E-state index contributed by atoms with van der Waals surface area (Å²) in [5.74, 6) is -1.55. The molecular formula is C21H22N8O5. The maximum atomic E-state index is 12.2. The van der Waals surface area contributed by atoms with Gasteiger partial charge in [0.15, 0.2) is 11.5 Å². The molecule has 176 valence electrons. The van der Waals surface area contributed by atoms with E-state index in [0.717, 1.165) is 10.5 Å². The first-order valence-corrected chi connectivity index (χ1v) is 9.98. The van der Waals surface area contributed by atoms with Gasteiger partial charge >= 0.3 is 12.0 Å². The second-order valence-corrected chi connectivity index (χ2v) is 7.09. The molecule has 8 N–H and O–H groups in total. The number of carboxylic acid groups (broad SMARTS) is 1. The second-order valence-electron chi connectivity index (χ2n) is 7.09. The van der Waals surface area contributed by atoms with E-state index < -0.39 is 23.6 Å². The van der Waals surface area contributed by atoms with Gasteiger partial charge in [-0.25, -0.2) is 14.6 Å². The van der Waals surface area contributed by atoms with E-state index in [2.05, 4.69) is 25.6 Å². The topological polar surface area (TPSA) is 209 Å². The number of benzene rings is 1. The number of H-pyrrole nitrogens is 1. The molecule has 0 aliphatic carbocycles. The van der Waals surface area contributed by atoms with Crippen LogP contribution in [0.2, 0.25) is 0 Å². The molecule has 3 rings (SSSR count). The zero-order chi connectivity index (χ0) is 24.7. The number of urea groups is 1. The number of hydrogen-bond donors (Lipinski definition) is 6. The minimum absolute atomic E-state index is 0.0878. The molecular weight excluding hydrogens is 444 g/mol. The molecule has 1 aromatic carbocycles. The van der Waals surface area contributed by atoms with Gasteiger partial charge in [0.05, 0.1) is 11.9 Å². The highest BCUT2D eigenvalue weighted by molar-refractivity contribution is 6.01. The number of aryl methyl sites for hydroxylation is 1. The van der Waals surface area contributed by atoms with Crippen LogP contribution in [0.4, 0.5) is 33.8 Å². The van der Waals surface area contributed by atoms with Crippen LogP contribution in [0.25, 0.3) is 0 Å². The number of rotatable bonds is 9. The predicted molar refractivity (Wildman–Crippen MR) is 125 cm³/mol. The number of carbonyl (C=O) groups excluding carboxylic acids is 2. The fourth-order valence-electron chi connectivity index (χ4n) is 3.13. The van der Waals surface area contributed by atoms with Gasteiger partial charge in [-0.2, -0.15) is 4.98 Å². The predicted octanol–water partition coefficient (Wildman–Crippen LogP) is 1.02. The van der Waals surface area contributed by atoms with Gasteiger partial charge in [-0.15, -0.1) is 0 Å². The fourth-order valence-corrected chi connectivity index (χ4v) is 3.13. The minimum atomic E-state index is -1.17. The lowest BCUT2D eigenvalue weighted by molar-refractivity contribution is -0.139. The highest BCUT2D eigenvalue weighted by Gasteiger charge is 2.26. The SMILES string of the molecule is Nc1nc(N)c(NC(=O)Nc2ccc(N(C=O)[C@@H](CCc3ccccc3)C(=O)O)nc2)c(=O)[nH]1. The van der Waals surface area contributed by atoms with E-state index in [1.807, 2.05) is 30.3 Å². The number of aromatic amines is 1. The third-order valence-electron chi connectivity index (χ3n) is 4.76. The first-order valence-electron chi connectivity index (χ1n) is 9.98. The van der Waals surface area contributed by atoms with Crippen LogP contribution in [0.1, 0.15) is 12.0 Å².